The molecule has 3 rings (SSSR count). The zero-order valence-electron chi connectivity index (χ0n) is 15.1. The van der Waals surface area contributed by atoms with Crippen LogP contribution in [0.5, 0.6) is 5.75 Å². The molecule has 0 saturated carbocycles. The molecule has 0 spiro atoms. The number of rotatable bonds is 5. The number of methoxy groups -OCH3 is 1. The second-order valence-corrected chi connectivity index (χ2v) is 6.73. The van der Waals surface area contributed by atoms with E-state index in [1.165, 1.54) is 12.1 Å². The first-order valence-electron chi connectivity index (χ1n) is 8.90. The molecule has 1 fully saturated rings. The van der Waals surface area contributed by atoms with E-state index in [1.807, 2.05) is 36.1 Å². The van der Waals surface area contributed by atoms with Crippen LogP contribution < -0.4 is 4.74 Å². The van der Waals surface area contributed by atoms with Gasteiger partial charge in [-0.15, -0.1) is 0 Å². The number of likely N-dealkylation sites (tertiary alicyclic amines) is 1. The lowest BCUT2D eigenvalue weighted by molar-refractivity contribution is -0.145. The molecule has 0 amide bonds. The Hall–Kier alpha value is -2.40. The van der Waals surface area contributed by atoms with Gasteiger partial charge in [-0.25, -0.2) is 4.39 Å². The molecular weight excluding hydrogens is 333 g/mol. The van der Waals surface area contributed by atoms with E-state index >= 15 is 0 Å². The van der Waals surface area contributed by atoms with E-state index < -0.39 is 12.0 Å². The number of benzene rings is 2. The van der Waals surface area contributed by atoms with E-state index in [2.05, 4.69) is 0 Å². The van der Waals surface area contributed by atoms with Crippen molar-refractivity contribution in [1.29, 1.82) is 0 Å². The first-order valence-corrected chi connectivity index (χ1v) is 8.90. The van der Waals surface area contributed by atoms with Crippen LogP contribution in [0.25, 0.3) is 0 Å². The molecule has 1 N–H and O–H groups in total. The topological polar surface area (TPSA) is 49.8 Å². The number of carboxylic acid groups (broad SMARTS) is 1. The van der Waals surface area contributed by atoms with Crippen LogP contribution in [0, 0.1) is 12.7 Å². The Labute approximate surface area is 153 Å². The van der Waals surface area contributed by atoms with Gasteiger partial charge in [-0.1, -0.05) is 30.7 Å². The number of halogens is 1. The standard InChI is InChI=1S/C21H24FNO3/c1-14-7-3-4-8-16(14)20(17-13-15(22)10-11-19(17)26-2)23-12-6-5-9-18(23)21(24)25/h3-4,7-8,10-11,13,18,20H,5-6,9,12H2,1-2H3,(H,24,25). The maximum absolute atomic E-state index is 14.1. The van der Waals surface area contributed by atoms with Crippen LogP contribution in [-0.4, -0.2) is 35.7 Å². The lowest BCUT2D eigenvalue weighted by Crippen LogP contribution is -2.47. The summed E-state index contributed by atoms with van der Waals surface area (Å²) in [7, 11) is 1.55. The van der Waals surface area contributed by atoms with Gasteiger partial charge >= 0.3 is 5.97 Å². The molecule has 138 valence electrons. The third-order valence-corrected chi connectivity index (χ3v) is 5.13. The van der Waals surface area contributed by atoms with Gasteiger partial charge in [-0.2, -0.15) is 0 Å². The van der Waals surface area contributed by atoms with Crippen molar-refractivity contribution < 1.29 is 19.0 Å². The molecule has 2 aromatic carbocycles. The lowest BCUT2D eigenvalue weighted by Gasteiger charge is -2.40. The van der Waals surface area contributed by atoms with E-state index in [1.54, 1.807) is 13.2 Å². The average molecular weight is 357 g/mol. The number of carboxylic acids is 1. The highest BCUT2D eigenvalue weighted by Gasteiger charge is 2.36. The van der Waals surface area contributed by atoms with Crippen molar-refractivity contribution in [2.24, 2.45) is 0 Å². The Morgan fingerprint density at radius 3 is 2.69 bits per heavy atom. The molecule has 26 heavy (non-hydrogen) atoms. The van der Waals surface area contributed by atoms with Gasteiger partial charge in [0, 0.05) is 5.56 Å². The van der Waals surface area contributed by atoms with Crippen molar-refractivity contribution >= 4 is 5.97 Å². The van der Waals surface area contributed by atoms with Crippen molar-refractivity contribution in [2.45, 2.75) is 38.3 Å². The van der Waals surface area contributed by atoms with Gasteiger partial charge < -0.3 is 9.84 Å². The highest BCUT2D eigenvalue weighted by molar-refractivity contribution is 5.74. The second-order valence-electron chi connectivity index (χ2n) is 6.73. The van der Waals surface area contributed by atoms with E-state index in [-0.39, 0.29) is 11.9 Å². The fourth-order valence-electron chi connectivity index (χ4n) is 3.87. The zero-order valence-corrected chi connectivity index (χ0v) is 15.1. The van der Waals surface area contributed by atoms with Gasteiger partial charge in [-0.3, -0.25) is 9.69 Å². The van der Waals surface area contributed by atoms with Crippen molar-refractivity contribution in [3.63, 3.8) is 0 Å². The molecule has 0 bridgehead atoms. The molecule has 0 radical (unpaired) electrons. The maximum Gasteiger partial charge on any atom is 0.320 e. The smallest absolute Gasteiger partial charge is 0.320 e. The normalized spacial score (nSPS) is 19.1. The molecular formula is C21H24FNO3. The number of ether oxygens (including phenoxy) is 1. The minimum absolute atomic E-state index is 0.358. The Balaban J connectivity index is 2.19. The fraction of sp³-hybridized carbons (Fsp3) is 0.381. The Bertz CT molecular complexity index is 793. The predicted molar refractivity (Wildman–Crippen MR) is 98.0 cm³/mol. The van der Waals surface area contributed by atoms with E-state index in [9.17, 15) is 14.3 Å². The van der Waals surface area contributed by atoms with E-state index in [4.69, 9.17) is 4.74 Å². The van der Waals surface area contributed by atoms with Crippen LogP contribution in [0.15, 0.2) is 42.5 Å². The van der Waals surface area contributed by atoms with Crippen molar-refractivity contribution in [3.05, 3.63) is 65.0 Å². The number of piperidine rings is 1. The third-order valence-electron chi connectivity index (χ3n) is 5.13. The highest BCUT2D eigenvalue weighted by atomic mass is 19.1. The Kier molecular flexibility index (Phi) is 5.57. The fourth-order valence-corrected chi connectivity index (χ4v) is 3.87. The Morgan fingerprint density at radius 2 is 2.00 bits per heavy atom. The quantitative estimate of drug-likeness (QED) is 0.872. The van der Waals surface area contributed by atoms with Gasteiger partial charge in [-0.05, 0) is 55.6 Å². The minimum Gasteiger partial charge on any atom is -0.496 e. The SMILES string of the molecule is COc1ccc(F)cc1C(c1ccccc1C)N1CCCCC1C(=O)O. The second kappa shape index (κ2) is 7.87. The Morgan fingerprint density at radius 1 is 1.23 bits per heavy atom. The molecule has 4 nitrogen and oxygen atoms in total. The predicted octanol–water partition coefficient (Wildman–Crippen LogP) is 4.17. The summed E-state index contributed by atoms with van der Waals surface area (Å²) in [6.45, 7) is 2.64. The minimum atomic E-state index is -0.835. The highest BCUT2D eigenvalue weighted by Crippen LogP contribution is 2.39. The number of hydrogen-bond acceptors (Lipinski definition) is 3. The lowest BCUT2D eigenvalue weighted by atomic mass is 9.89. The van der Waals surface area contributed by atoms with E-state index in [0.717, 1.165) is 24.0 Å². The molecule has 2 unspecified atom stereocenters. The molecule has 1 saturated heterocycles. The summed E-state index contributed by atoms with van der Waals surface area (Å²) >= 11 is 0. The maximum atomic E-state index is 14.1. The van der Waals surface area contributed by atoms with Crippen LogP contribution in [0.3, 0.4) is 0 Å². The number of carbonyl (C=O) groups is 1. The van der Waals surface area contributed by atoms with Crippen molar-refractivity contribution in [3.8, 4) is 5.75 Å². The molecule has 1 aliphatic rings. The van der Waals surface area contributed by atoms with Crippen LogP contribution >= 0.6 is 0 Å². The summed E-state index contributed by atoms with van der Waals surface area (Å²) in [6.07, 6.45) is 2.40. The zero-order chi connectivity index (χ0) is 18.7. The first kappa shape index (κ1) is 18.4. The summed E-state index contributed by atoms with van der Waals surface area (Å²) in [6, 6.07) is 11.3. The number of aryl methyl sites for hydroxylation is 1. The summed E-state index contributed by atoms with van der Waals surface area (Å²) in [5.74, 6) is -0.628. The van der Waals surface area contributed by atoms with Gasteiger partial charge in [0.05, 0.1) is 13.2 Å². The summed E-state index contributed by atoms with van der Waals surface area (Å²) in [4.78, 5) is 13.9. The van der Waals surface area contributed by atoms with Gasteiger partial charge in [0.1, 0.15) is 17.6 Å². The monoisotopic (exact) mass is 357 g/mol. The van der Waals surface area contributed by atoms with E-state index in [0.29, 0.717) is 24.3 Å². The molecule has 2 atom stereocenters. The number of hydrogen-bond donors (Lipinski definition) is 1. The van der Waals surface area contributed by atoms with Gasteiger partial charge in [0.15, 0.2) is 0 Å². The molecule has 2 aromatic rings. The molecule has 0 aliphatic carbocycles. The van der Waals surface area contributed by atoms with Crippen molar-refractivity contribution in [2.75, 3.05) is 13.7 Å². The molecule has 0 aromatic heterocycles. The summed E-state index contributed by atoms with van der Waals surface area (Å²) in [5.41, 5.74) is 2.68. The van der Waals surface area contributed by atoms with Gasteiger partial charge in [0.2, 0.25) is 0 Å². The molecule has 1 aliphatic heterocycles. The average Bonchev–Trinajstić information content (AvgIpc) is 2.64. The third kappa shape index (κ3) is 3.58. The number of aliphatic carboxylic acids is 1. The van der Waals surface area contributed by atoms with Gasteiger partial charge in [0.25, 0.3) is 0 Å². The molecule has 5 heteroatoms. The van der Waals surface area contributed by atoms with Crippen LogP contribution in [0.2, 0.25) is 0 Å². The van der Waals surface area contributed by atoms with Crippen molar-refractivity contribution in [1.82, 2.24) is 4.90 Å². The first-order chi connectivity index (χ1) is 12.5. The number of nitrogens with zero attached hydrogens (tertiary/aromatic N) is 1. The largest absolute Gasteiger partial charge is 0.496 e. The van der Waals surface area contributed by atoms with Crippen LogP contribution in [-0.2, 0) is 4.79 Å². The van der Waals surface area contributed by atoms with Crippen LogP contribution in [0.1, 0.15) is 42.0 Å². The summed E-state index contributed by atoms with van der Waals surface area (Å²) in [5, 5.41) is 9.75. The molecule has 1 heterocycles. The van der Waals surface area contributed by atoms with Crippen LogP contribution in [0.4, 0.5) is 4.39 Å². The summed E-state index contributed by atoms with van der Waals surface area (Å²) < 4.78 is 19.6.